The molecule has 0 fully saturated rings. The van der Waals surface area contributed by atoms with E-state index in [1.165, 1.54) is 4.90 Å². The summed E-state index contributed by atoms with van der Waals surface area (Å²) in [4.78, 5) is 12.9. The molecule has 2 N–H and O–H groups in total. The van der Waals surface area contributed by atoms with E-state index in [0.717, 1.165) is 12.0 Å². The molecular weight excluding hydrogens is 246 g/mol. The molecule has 3 nitrogen and oxygen atoms in total. The molecule has 0 bridgehead atoms. The van der Waals surface area contributed by atoms with Gasteiger partial charge in [0.2, 0.25) is 5.91 Å². The van der Waals surface area contributed by atoms with Crippen molar-refractivity contribution in [3.8, 4) is 0 Å². The van der Waals surface area contributed by atoms with Gasteiger partial charge in [-0.25, -0.2) is 0 Å². The number of rotatable bonds is 7. The third-order valence-corrected chi connectivity index (χ3v) is 3.55. The lowest BCUT2D eigenvalue weighted by molar-refractivity contribution is -0.121. The van der Waals surface area contributed by atoms with Crippen LogP contribution in [-0.4, -0.2) is 23.9 Å². The molecule has 1 amide bonds. The van der Waals surface area contributed by atoms with Crippen LogP contribution in [0, 0.1) is 0 Å². The summed E-state index contributed by atoms with van der Waals surface area (Å²) < 4.78 is 0. The lowest BCUT2D eigenvalue weighted by atomic mass is 10.1. The van der Waals surface area contributed by atoms with E-state index in [1.807, 2.05) is 25.3 Å². The third-order valence-electron chi connectivity index (χ3n) is 2.81. The Morgan fingerprint density at radius 3 is 2.56 bits per heavy atom. The number of aliphatic hydroxyl groups is 1. The monoisotopic (exact) mass is 267 g/mol. The molecule has 0 aliphatic heterocycles. The molecule has 1 atom stereocenters. The normalized spacial score (nSPS) is 12.2. The van der Waals surface area contributed by atoms with Crippen LogP contribution in [0.15, 0.2) is 29.2 Å². The molecule has 0 aromatic heterocycles. The number of amides is 1. The predicted molar refractivity (Wildman–Crippen MR) is 75.7 cm³/mol. The Kier molecular flexibility index (Phi) is 6.83. The van der Waals surface area contributed by atoms with Crippen LogP contribution in [-0.2, 0) is 4.79 Å². The lowest BCUT2D eigenvalue weighted by Gasteiger charge is -2.14. The Labute approximate surface area is 113 Å². The molecule has 0 aliphatic rings. The zero-order valence-electron chi connectivity index (χ0n) is 11.0. The molecule has 1 aromatic carbocycles. The SMILES string of the molecule is CSc1ccc(C(C)NC(=O)CCCCO)cc1. The Hall–Kier alpha value is -1.00. The second-order valence-corrected chi connectivity index (χ2v) is 5.12. The van der Waals surface area contributed by atoms with Crippen molar-refractivity contribution in [2.24, 2.45) is 0 Å². The maximum atomic E-state index is 11.6. The summed E-state index contributed by atoms with van der Waals surface area (Å²) in [5.74, 6) is 0.0462. The fourth-order valence-corrected chi connectivity index (χ4v) is 2.10. The van der Waals surface area contributed by atoms with Gasteiger partial charge in [0.05, 0.1) is 6.04 Å². The smallest absolute Gasteiger partial charge is 0.220 e. The summed E-state index contributed by atoms with van der Waals surface area (Å²) >= 11 is 1.71. The molecule has 0 heterocycles. The number of aliphatic hydroxyl groups excluding tert-OH is 1. The van der Waals surface area contributed by atoms with E-state index in [0.29, 0.717) is 12.8 Å². The molecule has 1 rings (SSSR count). The van der Waals surface area contributed by atoms with E-state index in [1.54, 1.807) is 11.8 Å². The minimum absolute atomic E-state index is 0.0301. The molecular formula is C14H21NO2S. The Bertz CT molecular complexity index is 365. The van der Waals surface area contributed by atoms with Crippen LogP contribution >= 0.6 is 11.8 Å². The fourth-order valence-electron chi connectivity index (χ4n) is 1.69. The van der Waals surface area contributed by atoms with Crippen LogP contribution in [0.2, 0.25) is 0 Å². The summed E-state index contributed by atoms with van der Waals surface area (Å²) in [6.45, 7) is 2.14. The average molecular weight is 267 g/mol. The highest BCUT2D eigenvalue weighted by Crippen LogP contribution is 2.18. The van der Waals surface area contributed by atoms with Crippen molar-refractivity contribution in [3.63, 3.8) is 0 Å². The van der Waals surface area contributed by atoms with E-state index < -0.39 is 0 Å². The number of thioether (sulfide) groups is 1. The van der Waals surface area contributed by atoms with Crippen molar-refractivity contribution in [1.82, 2.24) is 5.32 Å². The summed E-state index contributed by atoms with van der Waals surface area (Å²) in [6.07, 6.45) is 3.94. The molecule has 0 spiro atoms. The fraction of sp³-hybridized carbons (Fsp3) is 0.500. The molecule has 100 valence electrons. The largest absolute Gasteiger partial charge is 0.396 e. The van der Waals surface area contributed by atoms with Crippen LogP contribution < -0.4 is 5.32 Å². The summed E-state index contributed by atoms with van der Waals surface area (Å²) in [7, 11) is 0. The van der Waals surface area contributed by atoms with E-state index >= 15 is 0 Å². The van der Waals surface area contributed by atoms with Gasteiger partial charge in [0.1, 0.15) is 0 Å². The first-order valence-electron chi connectivity index (χ1n) is 6.21. The lowest BCUT2D eigenvalue weighted by Crippen LogP contribution is -2.26. The highest BCUT2D eigenvalue weighted by Gasteiger charge is 2.08. The number of nitrogens with one attached hydrogen (secondary N) is 1. The van der Waals surface area contributed by atoms with Crippen molar-refractivity contribution in [3.05, 3.63) is 29.8 Å². The third kappa shape index (κ3) is 5.10. The molecule has 18 heavy (non-hydrogen) atoms. The Morgan fingerprint density at radius 2 is 2.00 bits per heavy atom. The topological polar surface area (TPSA) is 49.3 Å². The van der Waals surface area contributed by atoms with E-state index in [4.69, 9.17) is 5.11 Å². The second kappa shape index (κ2) is 8.16. The second-order valence-electron chi connectivity index (χ2n) is 4.24. The average Bonchev–Trinajstić information content (AvgIpc) is 2.39. The van der Waals surface area contributed by atoms with Gasteiger partial charge in [-0.15, -0.1) is 11.8 Å². The molecule has 0 radical (unpaired) electrons. The molecule has 0 saturated heterocycles. The maximum absolute atomic E-state index is 11.6. The minimum atomic E-state index is 0.0301. The van der Waals surface area contributed by atoms with Crippen LogP contribution in [0.3, 0.4) is 0 Å². The van der Waals surface area contributed by atoms with Crippen molar-refractivity contribution in [2.75, 3.05) is 12.9 Å². The summed E-state index contributed by atoms with van der Waals surface area (Å²) in [5.41, 5.74) is 1.11. The Balaban J connectivity index is 2.43. The van der Waals surface area contributed by atoms with Gasteiger partial charge >= 0.3 is 0 Å². The number of unbranched alkanes of at least 4 members (excludes halogenated alkanes) is 1. The zero-order valence-corrected chi connectivity index (χ0v) is 11.8. The highest BCUT2D eigenvalue weighted by molar-refractivity contribution is 7.98. The van der Waals surface area contributed by atoms with Gasteiger partial charge in [0, 0.05) is 17.9 Å². The summed E-state index contributed by atoms with van der Waals surface area (Å²) in [6, 6.07) is 8.25. The van der Waals surface area contributed by atoms with Gasteiger partial charge in [-0.3, -0.25) is 4.79 Å². The standard InChI is InChI=1S/C14H21NO2S/c1-11(15-14(17)5-3-4-10-16)12-6-8-13(18-2)9-7-12/h6-9,11,16H,3-5,10H2,1-2H3,(H,15,17). The van der Waals surface area contributed by atoms with Gasteiger partial charge in [-0.1, -0.05) is 12.1 Å². The Morgan fingerprint density at radius 1 is 1.33 bits per heavy atom. The first kappa shape index (κ1) is 15.1. The van der Waals surface area contributed by atoms with E-state index in [2.05, 4.69) is 17.4 Å². The minimum Gasteiger partial charge on any atom is -0.396 e. The van der Waals surface area contributed by atoms with E-state index in [-0.39, 0.29) is 18.6 Å². The van der Waals surface area contributed by atoms with E-state index in [9.17, 15) is 4.79 Å². The van der Waals surface area contributed by atoms with Crippen LogP contribution in [0.1, 0.15) is 37.8 Å². The zero-order chi connectivity index (χ0) is 13.4. The van der Waals surface area contributed by atoms with Gasteiger partial charge in [0.15, 0.2) is 0 Å². The van der Waals surface area contributed by atoms with Crippen LogP contribution in [0.25, 0.3) is 0 Å². The first-order valence-corrected chi connectivity index (χ1v) is 7.44. The molecule has 4 heteroatoms. The molecule has 0 saturated carbocycles. The van der Waals surface area contributed by atoms with Crippen molar-refractivity contribution >= 4 is 17.7 Å². The summed E-state index contributed by atoms with van der Waals surface area (Å²) in [5, 5.41) is 11.6. The number of carbonyl (C=O) groups excluding carboxylic acids is 1. The molecule has 0 aliphatic carbocycles. The van der Waals surface area contributed by atoms with Gasteiger partial charge in [-0.05, 0) is 43.7 Å². The molecule has 1 unspecified atom stereocenters. The first-order chi connectivity index (χ1) is 8.67. The van der Waals surface area contributed by atoms with Gasteiger partial charge in [-0.2, -0.15) is 0 Å². The molecule has 1 aromatic rings. The predicted octanol–water partition coefficient (Wildman–Crippen LogP) is 2.75. The number of hydrogen-bond acceptors (Lipinski definition) is 3. The van der Waals surface area contributed by atoms with Gasteiger partial charge < -0.3 is 10.4 Å². The van der Waals surface area contributed by atoms with Crippen LogP contribution in [0.5, 0.6) is 0 Å². The van der Waals surface area contributed by atoms with Crippen molar-refractivity contribution in [1.29, 1.82) is 0 Å². The number of hydrogen-bond donors (Lipinski definition) is 2. The van der Waals surface area contributed by atoms with Gasteiger partial charge in [0.25, 0.3) is 0 Å². The number of benzene rings is 1. The van der Waals surface area contributed by atoms with Crippen LogP contribution in [0.4, 0.5) is 0 Å². The highest BCUT2D eigenvalue weighted by atomic mass is 32.2. The van der Waals surface area contributed by atoms with Crippen molar-refractivity contribution in [2.45, 2.75) is 37.1 Å². The number of carbonyl (C=O) groups is 1. The maximum Gasteiger partial charge on any atom is 0.220 e. The quantitative estimate of drug-likeness (QED) is 0.590. The van der Waals surface area contributed by atoms with Crippen molar-refractivity contribution < 1.29 is 9.90 Å².